The fourth-order valence-corrected chi connectivity index (χ4v) is 2.41. The van der Waals surface area contributed by atoms with E-state index in [1.165, 1.54) is 11.1 Å². The molecule has 24 heavy (non-hydrogen) atoms. The Kier molecular flexibility index (Phi) is 5.97. The predicted molar refractivity (Wildman–Crippen MR) is 94.3 cm³/mol. The van der Waals surface area contributed by atoms with Gasteiger partial charge in [0.2, 0.25) is 0 Å². The van der Waals surface area contributed by atoms with Crippen LogP contribution in [0.5, 0.6) is 5.75 Å². The van der Waals surface area contributed by atoms with Crippen LogP contribution in [0.3, 0.4) is 0 Å². The van der Waals surface area contributed by atoms with E-state index in [9.17, 15) is 4.79 Å². The molecule has 2 rings (SSSR count). The molecule has 0 heterocycles. The Hall–Kier alpha value is -2.80. The summed E-state index contributed by atoms with van der Waals surface area (Å²) in [6.07, 6.45) is 0.731. The maximum atomic E-state index is 12.0. The van der Waals surface area contributed by atoms with Crippen molar-refractivity contribution in [3.8, 4) is 11.8 Å². The number of rotatable bonds is 6. The lowest BCUT2D eigenvalue weighted by molar-refractivity contribution is 0.0951. The first-order valence-corrected chi connectivity index (χ1v) is 8.00. The molecule has 1 amide bonds. The van der Waals surface area contributed by atoms with Crippen molar-refractivity contribution in [1.82, 2.24) is 5.32 Å². The Labute approximate surface area is 143 Å². The van der Waals surface area contributed by atoms with Crippen LogP contribution in [0.2, 0.25) is 0 Å². The van der Waals surface area contributed by atoms with E-state index in [1.54, 1.807) is 24.3 Å². The smallest absolute Gasteiger partial charge is 0.251 e. The highest BCUT2D eigenvalue weighted by Gasteiger charge is 2.06. The van der Waals surface area contributed by atoms with Crippen molar-refractivity contribution in [1.29, 1.82) is 5.26 Å². The molecule has 0 fully saturated rings. The first kappa shape index (κ1) is 17.6. The highest BCUT2D eigenvalue weighted by atomic mass is 16.5. The summed E-state index contributed by atoms with van der Waals surface area (Å²) in [5.74, 6) is 0.771. The summed E-state index contributed by atoms with van der Waals surface area (Å²) in [7, 11) is 0. The van der Waals surface area contributed by atoms with Crippen molar-refractivity contribution in [3.63, 3.8) is 0 Å². The minimum absolute atomic E-state index is 0.137. The van der Waals surface area contributed by atoms with Crippen LogP contribution in [-0.2, 0) is 0 Å². The fourth-order valence-electron chi connectivity index (χ4n) is 2.41. The van der Waals surface area contributed by atoms with Crippen molar-refractivity contribution in [2.45, 2.75) is 27.2 Å². The van der Waals surface area contributed by atoms with E-state index in [1.807, 2.05) is 12.1 Å². The number of benzene rings is 2. The van der Waals surface area contributed by atoms with Crippen molar-refractivity contribution < 1.29 is 9.53 Å². The molecule has 0 saturated carbocycles. The molecule has 0 unspecified atom stereocenters. The highest BCUT2D eigenvalue weighted by molar-refractivity contribution is 5.94. The predicted octanol–water partition coefficient (Wildman–Crippen LogP) is 3.68. The summed E-state index contributed by atoms with van der Waals surface area (Å²) in [5, 5.41) is 11.6. The summed E-state index contributed by atoms with van der Waals surface area (Å²) >= 11 is 0. The zero-order valence-electron chi connectivity index (χ0n) is 14.3. The van der Waals surface area contributed by atoms with Crippen LogP contribution in [-0.4, -0.2) is 19.1 Å². The minimum atomic E-state index is -0.137. The molecule has 4 nitrogen and oxygen atoms in total. The van der Waals surface area contributed by atoms with Crippen molar-refractivity contribution in [2.75, 3.05) is 13.2 Å². The van der Waals surface area contributed by atoms with Crippen LogP contribution < -0.4 is 10.1 Å². The molecule has 0 radical (unpaired) electrons. The van der Waals surface area contributed by atoms with Crippen LogP contribution in [0.4, 0.5) is 0 Å². The van der Waals surface area contributed by atoms with E-state index >= 15 is 0 Å². The number of carbonyl (C=O) groups excluding carboxylic acids is 1. The van der Waals surface area contributed by atoms with Gasteiger partial charge in [-0.25, -0.2) is 0 Å². The maximum Gasteiger partial charge on any atom is 0.251 e. The van der Waals surface area contributed by atoms with E-state index in [2.05, 4.69) is 32.2 Å². The van der Waals surface area contributed by atoms with Gasteiger partial charge in [0.1, 0.15) is 5.75 Å². The van der Waals surface area contributed by atoms with Gasteiger partial charge in [0.25, 0.3) is 5.91 Å². The lowest BCUT2D eigenvalue weighted by Gasteiger charge is -2.12. The largest absolute Gasteiger partial charge is 0.493 e. The normalized spacial score (nSPS) is 10.1. The van der Waals surface area contributed by atoms with Gasteiger partial charge in [-0.1, -0.05) is 6.07 Å². The number of aryl methyl sites for hydroxylation is 2. The Morgan fingerprint density at radius 2 is 1.88 bits per heavy atom. The van der Waals surface area contributed by atoms with E-state index in [0.717, 1.165) is 17.7 Å². The minimum Gasteiger partial charge on any atom is -0.493 e. The Balaban J connectivity index is 1.77. The molecular formula is C20H22N2O2. The third-order valence-electron chi connectivity index (χ3n) is 3.90. The molecule has 0 aromatic heterocycles. The van der Waals surface area contributed by atoms with Crippen molar-refractivity contribution in [2.24, 2.45) is 0 Å². The van der Waals surface area contributed by atoms with Gasteiger partial charge in [0, 0.05) is 12.1 Å². The summed E-state index contributed by atoms with van der Waals surface area (Å²) in [5.41, 5.74) is 4.66. The number of amides is 1. The molecule has 1 N–H and O–H groups in total. The molecule has 2 aromatic rings. The molecule has 4 heteroatoms. The third kappa shape index (κ3) is 4.60. The maximum absolute atomic E-state index is 12.0. The number of ether oxygens (including phenoxy) is 1. The van der Waals surface area contributed by atoms with Gasteiger partial charge in [-0.15, -0.1) is 0 Å². The van der Waals surface area contributed by atoms with Gasteiger partial charge in [0.05, 0.1) is 18.2 Å². The van der Waals surface area contributed by atoms with Gasteiger partial charge < -0.3 is 10.1 Å². The molecule has 0 saturated heterocycles. The van der Waals surface area contributed by atoms with E-state index in [4.69, 9.17) is 10.00 Å². The van der Waals surface area contributed by atoms with Gasteiger partial charge in [0.15, 0.2) is 0 Å². The molecule has 0 aliphatic rings. The summed E-state index contributed by atoms with van der Waals surface area (Å²) in [4.78, 5) is 12.0. The average molecular weight is 322 g/mol. The van der Waals surface area contributed by atoms with Gasteiger partial charge in [-0.3, -0.25) is 4.79 Å². The lowest BCUT2D eigenvalue weighted by Crippen LogP contribution is -2.25. The topological polar surface area (TPSA) is 62.1 Å². The molecule has 0 spiro atoms. The van der Waals surface area contributed by atoms with Crippen LogP contribution >= 0.6 is 0 Å². The van der Waals surface area contributed by atoms with Crippen molar-refractivity contribution >= 4 is 5.91 Å². The first-order valence-electron chi connectivity index (χ1n) is 8.00. The number of nitrogens with zero attached hydrogens (tertiary/aromatic N) is 1. The van der Waals surface area contributed by atoms with Crippen LogP contribution in [0.1, 0.15) is 39.0 Å². The molecule has 0 aliphatic carbocycles. The third-order valence-corrected chi connectivity index (χ3v) is 3.90. The quantitative estimate of drug-likeness (QED) is 0.825. The molecule has 2 aromatic carbocycles. The van der Waals surface area contributed by atoms with Crippen molar-refractivity contribution in [3.05, 3.63) is 64.2 Å². The van der Waals surface area contributed by atoms with Crippen LogP contribution in [0.25, 0.3) is 0 Å². The van der Waals surface area contributed by atoms with E-state index < -0.39 is 0 Å². The standard InChI is InChI=1S/C20H22N2O2/c1-14-11-15(2)16(3)19(12-14)24-10-4-9-22-20(23)18-7-5-17(13-21)6-8-18/h5-8,11-12H,4,9-10H2,1-3H3,(H,22,23). The monoisotopic (exact) mass is 322 g/mol. The number of hydrogen-bond donors (Lipinski definition) is 1. The van der Waals surface area contributed by atoms with Gasteiger partial charge in [-0.05, 0) is 74.2 Å². The molecule has 0 aliphatic heterocycles. The average Bonchev–Trinajstić information content (AvgIpc) is 2.58. The van der Waals surface area contributed by atoms with Gasteiger partial charge in [-0.2, -0.15) is 5.26 Å². The molecular weight excluding hydrogens is 300 g/mol. The van der Waals surface area contributed by atoms with Crippen LogP contribution in [0, 0.1) is 32.1 Å². The molecule has 124 valence electrons. The zero-order valence-corrected chi connectivity index (χ0v) is 14.3. The summed E-state index contributed by atoms with van der Waals surface area (Å²) < 4.78 is 5.83. The second-order valence-corrected chi connectivity index (χ2v) is 5.85. The SMILES string of the molecule is Cc1cc(C)c(C)c(OCCCNC(=O)c2ccc(C#N)cc2)c1. The number of nitriles is 1. The number of carbonyl (C=O) groups is 1. The zero-order chi connectivity index (χ0) is 17.5. The summed E-state index contributed by atoms with van der Waals surface area (Å²) in [6.45, 7) is 7.28. The molecule has 0 bridgehead atoms. The lowest BCUT2D eigenvalue weighted by atomic mass is 10.1. The Morgan fingerprint density at radius 3 is 2.54 bits per heavy atom. The van der Waals surface area contributed by atoms with Crippen LogP contribution in [0.15, 0.2) is 36.4 Å². The summed E-state index contributed by atoms with van der Waals surface area (Å²) in [6, 6.07) is 12.8. The number of nitrogens with one attached hydrogen (secondary N) is 1. The molecule has 0 atom stereocenters. The van der Waals surface area contributed by atoms with E-state index in [-0.39, 0.29) is 5.91 Å². The fraction of sp³-hybridized carbons (Fsp3) is 0.300. The highest BCUT2D eigenvalue weighted by Crippen LogP contribution is 2.23. The second kappa shape index (κ2) is 8.16. The number of hydrogen-bond acceptors (Lipinski definition) is 3. The second-order valence-electron chi connectivity index (χ2n) is 5.85. The Morgan fingerprint density at radius 1 is 1.17 bits per heavy atom. The van der Waals surface area contributed by atoms with Gasteiger partial charge >= 0.3 is 0 Å². The first-order chi connectivity index (χ1) is 11.5. The Bertz CT molecular complexity index is 758. The van der Waals surface area contributed by atoms with E-state index in [0.29, 0.717) is 24.3 Å².